The maximum absolute atomic E-state index is 11.5. The Labute approximate surface area is 86.8 Å². The van der Waals surface area contributed by atoms with E-state index in [1.54, 1.807) is 7.11 Å². The van der Waals surface area contributed by atoms with Crippen molar-refractivity contribution in [1.29, 1.82) is 0 Å². The molecule has 0 N–H and O–H groups in total. The highest BCUT2D eigenvalue weighted by atomic mass is 16.6. The van der Waals surface area contributed by atoms with Crippen molar-refractivity contribution in [3.8, 4) is 0 Å². The lowest BCUT2D eigenvalue weighted by molar-refractivity contribution is -0.153. The van der Waals surface area contributed by atoms with E-state index in [0.717, 1.165) is 6.42 Å². The molecule has 1 unspecified atom stereocenters. The van der Waals surface area contributed by atoms with E-state index in [2.05, 4.69) is 20.8 Å². The SMILES string of the molecule is CCC(C)(C)C(C)C(=O)OCCOC. The van der Waals surface area contributed by atoms with Crippen LogP contribution in [-0.4, -0.2) is 26.3 Å². The van der Waals surface area contributed by atoms with Gasteiger partial charge < -0.3 is 9.47 Å². The predicted octanol–water partition coefficient (Wildman–Crippen LogP) is 2.25. The van der Waals surface area contributed by atoms with E-state index in [9.17, 15) is 4.79 Å². The smallest absolute Gasteiger partial charge is 0.309 e. The van der Waals surface area contributed by atoms with Crippen LogP contribution in [0.25, 0.3) is 0 Å². The summed E-state index contributed by atoms with van der Waals surface area (Å²) in [5.74, 6) is -0.196. The predicted molar refractivity (Wildman–Crippen MR) is 56.1 cm³/mol. The molecule has 14 heavy (non-hydrogen) atoms. The Balaban J connectivity index is 3.99. The van der Waals surface area contributed by atoms with Crippen molar-refractivity contribution in [2.75, 3.05) is 20.3 Å². The van der Waals surface area contributed by atoms with Crippen LogP contribution in [-0.2, 0) is 14.3 Å². The first kappa shape index (κ1) is 13.4. The first-order valence-corrected chi connectivity index (χ1v) is 5.11. The molecule has 0 aliphatic carbocycles. The van der Waals surface area contributed by atoms with Gasteiger partial charge in [0.2, 0.25) is 0 Å². The second-order valence-corrected chi connectivity index (χ2v) is 4.22. The van der Waals surface area contributed by atoms with Gasteiger partial charge in [0.25, 0.3) is 0 Å². The molecule has 0 heterocycles. The molecule has 0 spiro atoms. The van der Waals surface area contributed by atoms with E-state index < -0.39 is 0 Å². The minimum Gasteiger partial charge on any atom is -0.463 e. The summed E-state index contributed by atoms with van der Waals surface area (Å²) in [7, 11) is 1.59. The number of rotatable bonds is 6. The molecule has 3 heteroatoms. The summed E-state index contributed by atoms with van der Waals surface area (Å²) in [6.45, 7) is 8.96. The number of carbonyl (C=O) groups is 1. The molecule has 0 amide bonds. The molecule has 0 rings (SSSR count). The number of hydrogen-bond donors (Lipinski definition) is 0. The van der Waals surface area contributed by atoms with Gasteiger partial charge in [-0.2, -0.15) is 0 Å². The fraction of sp³-hybridized carbons (Fsp3) is 0.909. The highest BCUT2D eigenvalue weighted by Crippen LogP contribution is 2.30. The molecule has 0 aliphatic rings. The van der Waals surface area contributed by atoms with Gasteiger partial charge in [0, 0.05) is 7.11 Å². The molecule has 0 fully saturated rings. The van der Waals surface area contributed by atoms with E-state index in [4.69, 9.17) is 9.47 Å². The monoisotopic (exact) mass is 202 g/mol. The van der Waals surface area contributed by atoms with Gasteiger partial charge in [-0.1, -0.05) is 34.1 Å². The molecular weight excluding hydrogens is 180 g/mol. The summed E-state index contributed by atoms with van der Waals surface area (Å²) in [4.78, 5) is 11.5. The first-order chi connectivity index (χ1) is 6.45. The summed E-state index contributed by atoms with van der Waals surface area (Å²) in [5.41, 5.74) is 0.00412. The Morgan fingerprint density at radius 3 is 2.36 bits per heavy atom. The van der Waals surface area contributed by atoms with Crippen molar-refractivity contribution < 1.29 is 14.3 Å². The standard InChI is InChI=1S/C11H22O3/c1-6-11(3,4)9(2)10(12)14-8-7-13-5/h9H,6-8H2,1-5H3. The van der Waals surface area contributed by atoms with Crippen molar-refractivity contribution in [2.24, 2.45) is 11.3 Å². The number of esters is 1. The van der Waals surface area contributed by atoms with E-state index in [1.165, 1.54) is 0 Å². The van der Waals surface area contributed by atoms with Gasteiger partial charge in [0.05, 0.1) is 12.5 Å². The van der Waals surface area contributed by atoms with Gasteiger partial charge >= 0.3 is 5.97 Å². The highest BCUT2D eigenvalue weighted by Gasteiger charge is 2.30. The van der Waals surface area contributed by atoms with E-state index in [-0.39, 0.29) is 17.3 Å². The van der Waals surface area contributed by atoms with Crippen molar-refractivity contribution >= 4 is 5.97 Å². The zero-order valence-corrected chi connectivity index (χ0v) is 9.92. The van der Waals surface area contributed by atoms with Crippen LogP contribution in [0.4, 0.5) is 0 Å². The molecule has 1 atom stereocenters. The van der Waals surface area contributed by atoms with Crippen LogP contribution in [0.3, 0.4) is 0 Å². The largest absolute Gasteiger partial charge is 0.463 e. The average Bonchev–Trinajstić information content (AvgIpc) is 2.17. The summed E-state index contributed by atoms with van der Waals surface area (Å²) >= 11 is 0. The molecule has 0 aromatic rings. The van der Waals surface area contributed by atoms with Crippen molar-refractivity contribution in [2.45, 2.75) is 34.1 Å². The third-order valence-corrected chi connectivity index (χ3v) is 2.97. The van der Waals surface area contributed by atoms with Gasteiger partial charge in [0.15, 0.2) is 0 Å². The summed E-state index contributed by atoms with van der Waals surface area (Å²) in [5, 5.41) is 0. The zero-order valence-electron chi connectivity index (χ0n) is 9.92. The maximum atomic E-state index is 11.5. The van der Waals surface area contributed by atoms with Gasteiger partial charge in [-0.05, 0) is 5.41 Å². The number of carbonyl (C=O) groups excluding carboxylic acids is 1. The molecule has 0 saturated heterocycles. The molecule has 0 aromatic carbocycles. The first-order valence-electron chi connectivity index (χ1n) is 5.11. The summed E-state index contributed by atoms with van der Waals surface area (Å²) < 4.78 is 9.88. The van der Waals surface area contributed by atoms with Crippen LogP contribution in [0.1, 0.15) is 34.1 Å². The van der Waals surface area contributed by atoms with Crippen molar-refractivity contribution in [1.82, 2.24) is 0 Å². The molecule has 84 valence electrons. The average molecular weight is 202 g/mol. The normalized spacial score (nSPS) is 13.8. The topological polar surface area (TPSA) is 35.5 Å². The second kappa shape index (κ2) is 6.02. The molecule has 0 bridgehead atoms. The Morgan fingerprint density at radius 1 is 1.36 bits per heavy atom. The van der Waals surface area contributed by atoms with Gasteiger partial charge in [-0.15, -0.1) is 0 Å². The minimum atomic E-state index is -0.131. The lowest BCUT2D eigenvalue weighted by atomic mass is 9.78. The van der Waals surface area contributed by atoms with Gasteiger partial charge in [-0.3, -0.25) is 4.79 Å². The quantitative estimate of drug-likeness (QED) is 0.489. The highest BCUT2D eigenvalue weighted by molar-refractivity contribution is 5.72. The summed E-state index contributed by atoms with van der Waals surface area (Å²) in [6, 6.07) is 0. The molecule has 0 saturated carbocycles. The van der Waals surface area contributed by atoms with E-state index in [1.807, 2.05) is 6.92 Å². The van der Waals surface area contributed by atoms with Crippen molar-refractivity contribution in [3.05, 3.63) is 0 Å². The Bertz CT molecular complexity index is 175. The van der Waals surface area contributed by atoms with Crippen LogP contribution in [0.5, 0.6) is 0 Å². The van der Waals surface area contributed by atoms with E-state index in [0.29, 0.717) is 13.2 Å². The lowest BCUT2D eigenvalue weighted by Gasteiger charge is -2.28. The molecule has 3 nitrogen and oxygen atoms in total. The Hall–Kier alpha value is -0.570. The maximum Gasteiger partial charge on any atom is 0.309 e. The third kappa shape index (κ3) is 4.09. The number of ether oxygens (including phenoxy) is 2. The zero-order chi connectivity index (χ0) is 11.2. The molecular formula is C11H22O3. The van der Waals surface area contributed by atoms with Crippen LogP contribution in [0, 0.1) is 11.3 Å². The van der Waals surface area contributed by atoms with Gasteiger partial charge in [0.1, 0.15) is 6.61 Å². The fourth-order valence-corrected chi connectivity index (χ4v) is 0.976. The number of hydrogen-bond acceptors (Lipinski definition) is 3. The fourth-order valence-electron chi connectivity index (χ4n) is 0.976. The number of methoxy groups -OCH3 is 1. The van der Waals surface area contributed by atoms with Crippen LogP contribution in [0.15, 0.2) is 0 Å². The third-order valence-electron chi connectivity index (χ3n) is 2.97. The lowest BCUT2D eigenvalue weighted by Crippen LogP contribution is -2.30. The van der Waals surface area contributed by atoms with E-state index >= 15 is 0 Å². The van der Waals surface area contributed by atoms with Gasteiger partial charge in [-0.25, -0.2) is 0 Å². The Morgan fingerprint density at radius 2 is 1.93 bits per heavy atom. The van der Waals surface area contributed by atoms with Crippen LogP contribution < -0.4 is 0 Å². The molecule has 0 aromatic heterocycles. The van der Waals surface area contributed by atoms with Crippen LogP contribution >= 0.6 is 0 Å². The molecule has 0 aliphatic heterocycles. The van der Waals surface area contributed by atoms with Crippen molar-refractivity contribution in [3.63, 3.8) is 0 Å². The molecule has 0 radical (unpaired) electrons. The minimum absolute atomic E-state index is 0.00412. The van der Waals surface area contributed by atoms with Crippen LogP contribution in [0.2, 0.25) is 0 Å². The Kier molecular flexibility index (Phi) is 5.77. The summed E-state index contributed by atoms with van der Waals surface area (Å²) in [6.07, 6.45) is 0.966. The second-order valence-electron chi connectivity index (χ2n) is 4.22.